The average molecular weight is 366 g/mol. The number of ether oxygens (including phenoxy) is 2. The molecule has 0 fully saturated rings. The second kappa shape index (κ2) is 7.61. The zero-order chi connectivity index (χ0) is 19.6. The topological polar surface area (TPSA) is 68.2 Å². The van der Waals surface area contributed by atoms with Crippen LogP contribution in [0.2, 0.25) is 0 Å². The first-order valence-corrected chi connectivity index (χ1v) is 8.68. The van der Waals surface area contributed by atoms with Gasteiger partial charge < -0.3 is 9.47 Å². The van der Waals surface area contributed by atoms with Gasteiger partial charge in [-0.15, -0.1) is 0 Å². The molecule has 0 aliphatic heterocycles. The smallest absolute Gasteiger partial charge is 0.280 e. The van der Waals surface area contributed by atoms with Crippen molar-refractivity contribution in [1.29, 1.82) is 0 Å². The maximum atomic E-state index is 12.6. The maximum absolute atomic E-state index is 12.6. The number of rotatable bonds is 5. The number of benzene rings is 2. The minimum Gasteiger partial charge on any atom is -0.497 e. The Bertz CT molecular complexity index is 903. The Labute approximate surface area is 158 Å². The van der Waals surface area contributed by atoms with Crippen molar-refractivity contribution in [2.24, 2.45) is 5.10 Å². The summed E-state index contributed by atoms with van der Waals surface area (Å²) >= 11 is 0. The Morgan fingerprint density at radius 2 is 1.81 bits per heavy atom. The van der Waals surface area contributed by atoms with Gasteiger partial charge in [-0.25, -0.2) is 5.01 Å². The minimum atomic E-state index is -0.347. The van der Waals surface area contributed by atoms with Gasteiger partial charge in [-0.3, -0.25) is 9.59 Å². The van der Waals surface area contributed by atoms with Crippen molar-refractivity contribution in [3.05, 3.63) is 59.2 Å². The van der Waals surface area contributed by atoms with Crippen LogP contribution in [0.4, 0.5) is 0 Å². The number of hydrazone groups is 1. The molecule has 6 heteroatoms. The van der Waals surface area contributed by atoms with Gasteiger partial charge in [0, 0.05) is 18.5 Å². The van der Waals surface area contributed by atoms with Gasteiger partial charge in [-0.2, -0.15) is 5.10 Å². The highest BCUT2D eigenvalue weighted by Crippen LogP contribution is 2.33. The summed E-state index contributed by atoms with van der Waals surface area (Å²) in [5.41, 5.74) is 3.15. The van der Waals surface area contributed by atoms with Crippen LogP contribution in [0, 0.1) is 6.92 Å². The fourth-order valence-electron chi connectivity index (χ4n) is 3.15. The number of ketones is 1. The minimum absolute atomic E-state index is 0.0741. The molecule has 0 saturated carbocycles. The fraction of sp³-hybridized carbons (Fsp3) is 0.286. The molecule has 1 atom stereocenters. The largest absolute Gasteiger partial charge is 0.497 e. The first kappa shape index (κ1) is 18.6. The molecule has 0 radical (unpaired) electrons. The molecular formula is C21H22N2O4. The lowest BCUT2D eigenvalue weighted by atomic mass is 9.98. The number of nitrogens with zero attached hydrogens (tertiary/aromatic N) is 2. The third-order valence-corrected chi connectivity index (χ3v) is 4.67. The van der Waals surface area contributed by atoms with E-state index in [1.807, 2.05) is 32.0 Å². The molecule has 1 aliphatic rings. The van der Waals surface area contributed by atoms with E-state index in [9.17, 15) is 9.59 Å². The van der Waals surface area contributed by atoms with Gasteiger partial charge in [-0.05, 0) is 42.3 Å². The molecule has 1 unspecified atom stereocenters. The third kappa shape index (κ3) is 3.69. The lowest BCUT2D eigenvalue weighted by Gasteiger charge is -2.13. The summed E-state index contributed by atoms with van der Waals surface area (Å²) in [5.74, 6) is 0.589. The summed E-state index contributed by atoms with van der Waals surface area (Å²) in [5, 5.41) is 5.45. The maximum Gasteiger partial charge on any atom is 0.280 e. The van der Waals surface area contributed by atoms with Crippen LogP contribution in [0.25, 0.3) is 0 Å². The molecule has 0 spiro atoms. The van der Waals surface area contributed by atoms with Gasteiger partial charge in [0.05, 0.1) is 7.11 Å². The predicted molar refractivity (Wildman–Crippen MR) is 102 cm³/mol. The number of hydrogen-bond donors (Lipinski definition) is 0. The second-order valence-corrected chi connectivity index (χ2v) is 6.45. The number of likely N-dealkylation sites (N-methyl/N-ethyl adjacent to an activating group) is 1. The molecule has 2 aromatic rings. The van der Waals surface area contributed by atoms with Gasteiger partial charge in [-0.1, -0.05) is 25.1 Å². The molecule has 2 aromatic carbocycles. The fourth-order valence-corrected chi connectivity index (χ4v) is 3.15. The molecule has 0 heterocycles. The van der Waals surface area contributed by atoms with Crippen molar-refractivity contribution in [1.82, 2.24) is 5.01 Å². The molecule has 27 heavy (non-hydrogen) atoms. The number of carbonyl (C=O) groups is 2. The molecule has 0 aromatic heterocycles. The highest BCUT2D eigenvalue weighted by atomic mass is 16.5. The summed E-state index contributed by atoms with van der Waals surface area (Å²) in [6, 6.07) is 12.7. The molecule has 3 rings (SSSR count). The van der Waals surface area contributed by atoms with Gasteiger partial charge in [0.1, 0.15) is 17.2 Å². The molecule has 0 saturated heterocycles. The number of carbonyl (C=O) groups excluding carboxylic acids is 2. The Balaban J connectivity index is 1.72. The Morgan fingerprint density at radius 3 is 2.48 bits per heavy atom. The van der Waals surface area contributed by atoms with Crippen LogP contribution in [0.5, 0.6) is 11.5 Å². The summed E-state index contributed by atoms with van der Waals surface area (Å²) in [6.07, 6.45) is 0. The SMILES string of the molecule is COc1ccc(OCC(=O)N(C)/N=C2\C(=O)C(C)c3c(C)cccc32)cc1. The molecule has 140 valence electrons. The van der Waals surface area contributed by atoms with Crippen LogP contribution >= 0.6 is 0 Å². The van der Waals surface area contributed by atoms with Crippen LogP contribution in [0.1, 0.15) is 29.5 Å². The van der Waals surface area contributed by atoms with Crippen LogP contribution in [0.15, 0.2) is 47.6 Å². The van der Waals surface area contributed by atoms with E-state index >= 15 is 0 Å². The van der Waals surface area contributed by atoms with E-state index in [4.69, 9.17) is 9.47 Å². The Kier molecular flexibility index (Phi) is 5.26. The summed E-state index contributed by atoms with van der Waals surface area (Å²) in [7, 11) is 3.11. The van der Waals surface area contributed by atoms with Gasteiger partial charge in [0.25, 0.3) is 5.91 Å². The average Bonchev–Trinajstić information content (AvgIpc) is 2.92. The zero-order valence-electron chi connectivity index (χ0n) is 15.9. The number of fused-ring (bicyclic) bond motifs is 1. The van der Waals surface area contributed by atoms with Crippen LogP contribution < -0.4 is 9.47 Å². The standard InChI is InChI=1S/C21H22N2O4/c1-13-6-5-7-17-19(13)14(2)21(25)20(17)22-23(3)18(24)12-27-16-10-8-15(26-4)9-11-16/h5-11,14H,12H2,1-4H3/b22-20-. The summed E-state index contributed by atoms with van der Waals surface area (Å²) in [6.45, 7) is 3.67. The lowest BCUT2D eigenvalue weighted by molar-refractivity contribution is -0.132. The Hall–Kier alpha value is -3.15. The van der Waals surface area contributed by atoms with Crippen molar-refractivity contribution < 1.29 is 19.1 Å². The van der Waals surface area contributed by atoms with Crippen molar-refractivity contribution in [3.63, 3.8) is 0 Å². The van der Waals surface area contributed by atoms with Crippen molar-refractivity contribution in [2.45, 2.75) is 19.8 Å². The van der Waals surface area contributed by atoms with Gasteiger partial charge >= 0.3 is 0 Å². The van der Waals surface area contributed by atoms with E-state index in [0.717, 1.165) is 16.7 Å². The summed E-state index contributed by atoms with van der Waals surface area (Å²) in [4.78, 5) is 25.0. The van der Waals surface area contributed by atoms with E-state index in [-0.39, 0.29) is 24.2 Å². The van der Waals surface area contributed by atoms with E-state index in [2.05, 4.69) is 5.10 Å². The quantitative estimate of drug-likeness (QED) is 0.763. The van der Waals surface area contributed by atoms with E-state index in [0.29, 0.717) is 17.2 Å². The molecule has 1 amide bonds. The number of aryl methyl sites for hydroxylation is 1. The lowest BCUT2D eigenvalue weighted by Crippen LogP contribution is -2.29. The van der Waals surface area contributed by atoms with Crippen molar-refractivity contribution in [2.75, 3.05) is 20.8 Å². The van der Waals surface area contributed by atoms with E-state index < -0.39 is 0 Å². The van der Waals surface area contributed by atoms with Crippen LogP contribution in [0.3, 0.4) is 0 Å². The van der Waals surface area contributed by atoms with E-state index in [1.165, 1.54) is 12.1 Å². The van der Waals surface area contributed by atoms with Crippen LogP contribution in [-0.2, 0) is 9.59 Å². The summed E-state index contributed by atoms with van der Waals surface area (Å²) < 4.78 is 10.6. The molecule has 0 N–H and O–H groups in total. The number of methoxy groups -OCH3 is 1. The third-order valence-electron chi connectivity index (χ3n) is 4.67. The van der Waals surface area contributed by atoms with Gasteiger partial charge in [0.2, 0.25) is 0 Å². The number of Topliss-reactive ketones (excluding diaryl/α,β-unsaturated/α-hetero) is 1. The molecule has 1 aliphatic carbocycles. The normalized spacial score (nSPS) is 17.0. The Morgan fingerprint density at radius 1 is 1.15 bits per heavy atom. The highest BCUT2D eigenvalue weighted by Gasteiger charge is 2.35. The number of amides is 1. The predicted octanol–water partition coefficient (Wildman–Crippen LogP) is 2.93. The van der Waals surface area contributed by atoms with Crippen molar-refractivity contribution in [3.8, 4) is 11.5 Å². The first-order chi connectivity index (χ1) is 12.9. The van der Waals surface area contributed by atoms with Crippen molar-refractivity contribution >= 4 is 17.4 Å². The molecule has 0 bridgehead atoms. The van der Waals surface area contributed by atoms with E-state index in [1.54, 1.807) is 31.4 Å². The van der Waals surface area contributed by atoms with Gasteiger partial charge in [0.15, 0.2) is 12.4 Å². The zero-order valence-corrected chi connectivity index (χ0v) is 15.9. The number of hydrogen-bond acceptors (Lipinski definition) is 5. The monoisotopic (exact) mass is 366 g/mol. The van der Waals surface area contributed by atoms with Crippen LogP contribution in [-0.4, -0.2) is 43.2 Å². The first-order valence-electron chi connectivity index (χ1n) is 8.68. The molecular weight excluding hydrogens is 344 g/mol. The highest BCUT2D eigenvalue weighted by molar-refractivity contribution is 6.51. The second-order valence-electron chi connectivity index (χ2n) is 6.45. The molecule has 6 nitrogen and oxygen atoms in total.